The van der Waals surface area contributed by atoms with E-state index in [9.17, 15) is 9.59 Å². The van der Waals surface area contributed by atoms with E-state index in [4.69, 9.17) is 0 Å². The number of pyridine rings is 1. The van der Waals surface area contributed by atoms with Crippen LogP contribution in [-0.4, -0.2) is 52.8 Å². The first kappa shape index (κ1) is 15.7. The van der Waals surface area contributed by atoms with Crippen LogP contribution in [-0.2, 0) is 11.2 Å². The topological polar surface area (TPSA) is 53.5 Å². The maximum atomic E-state index is 12.4. The Morgan fingerprint density at radius 2 is 1.87 bits per heavy atom. The first-order valence-electron chi connectivity index (χ1n) is 7.74. The molecular weight excluding hydrogens is 310 g/mol. The zero-order chi connectivity index (χ0) is 16.1. The van der Waals surface area contributed by atoms with E-state index < -0.39 is 0 Å². The Morgan fingerprint density at radius 1 is 1.04 bits per heavy atom. The Labute approximate surface area is 139 Å². The molecule has 120 valence electrons. The zero-order valence-corrected chi connectivity index (χ0v) is 13.7. The van der Waals surface area contributed by atoms with Crippen molar-refractivity contribution in [2.24, 2.45) is 0 Å². The van der Waals surface area contributed by atoms with Gasteiger partial charge in [-0.05, 0) is 30.0 Å². The molecule has 0 spiro atoms. The van der Waals surface area contributed by atoms with E-state index >= 15 is 0 Å². The third-order valence-corrected chi connectivity index (χ3v) is 4.80. The van der Waals surface area contributed by atoms with Crippen LogP contribution in [0.2, 0.25) is 0 Å². The summed E-state index contributed by atoms with van der Waals surface area (Å²) in [6.07, 6.45) is 2.88. The molecule has 0 bridgehead atoms. The molecule has 6 heteroatoms. The Bertz CT molecular complexity index is 658. The SMILES string of the molecule is O=C(Cc1cccs1)N1CCCN(C(=O)c2ccccn2)CC1. The van der Waals surface area contributed by atoms with Gasteiger partial charge >= 0.3 is 0 Å². The molecule has 3 rings (SSSR count). The Morgan fingerprint density at radius 3 is 2.61 bits per heavy atom. The summed E-state index contributed by atoms with van der Waals surface area (Å²) in [5.74, 6) is 0.0812. The van der Waals surface area contributed by atoms with Crippen LogP contribution < -0.4 is 0 Å². The third-order valence-electron chi connectivity index (χ3n) is 3.93. The lowest BCUT2D eigenvalue weighted by Gasteiger charge is -2.22. The lowest BCUT2D eigenvalue weighted by atomic mass is 10.3. The maximum absolute atomic E-state index is 12.4. The van der Waals surface area contributed by atoms with Crippen LogP contribution in [0.1, 0.15) is 21.8 Å². The predicted molar refractivity (Wildman–Crippen MR) is 89.4 cm³/mol. The average molecular weight is 329 g/mol. The summed E-state index contributed by atoms with van der Waals surface area (Å²) < 4.78 is 0. The molecule has 0 aliphatic carbocycles. The highest BCUT2D eigenvalue weighted by Gasteiger charge is 2.23. The smallest absolute Gasteiger partial charge is 0.272 e. The highest BCUT2D eigenvalue weighted by Crippen LogP contribution is 2.13. The van der Waals surface area contributed by atoms with E-state index in [1.807, 2.05) is 28.5 Å². The minimum absolute atomic E-state index is 0.0573. The van der Waals surface area contributed by atoms with Crippen LogP contribution in [0.5, 0.6) is 0 Å². The molecule has 23 heavy (non-hydrogen) atoms. The molecule has 1 saturated heterocycles. The van der Waals surface area contributed by atoms with Gasteiger partial charge in [-0.1, -0.05) is 12.1 Å². The van der Waals surface area contributed by atoms with E-state index in [1.165, 1.54) is 0 Å². The standard InChI is InChI=1S/C17H19N3O2S/c21-16(13-14-5-3-12-23-14)19-8-4-9-20(11-10-19)17(22)15-6-1-2-7-18-15/h1-3,5-7,12H,4,8-11,13H2. The van der Waals surface area contributed by atoms with Crippen LogP contribution in [0.3, 0.4) is 0 Å². The Hall–Kier alpha value is -2.21. The third kappa shape index (κ3) is 3.96. The fraction of sp³-hybridized carbons (Fsp3) is 0.353. The van der Waals surface area contributed by atoms with E-state index in [0.29, 0.717) is 38.3 Å². The highest BCUT2D eigenvalue weighted by molar-refractivity contribution is 7.10. The van der Waals surface area contributed by atoms with Gasteiger partial charge in [-0.3, -0.25) is 14.6 Å². The molecule has 0 radical (unpaired) electrons. The predicted octanol–water partition coefficient (Wildman–Crippen LogP) is 2.06. The van der Waals surface area contributed by atoms with Crippen LogP contribution >= 0.6 is 11.3 Å². The Balaban J connectivity index is 1.59. The first-order valence-corrected chi connectivity index (χ1v) is 8.62. The number of rotatable bonds is 3. The second kappa shape index (κ2) is 7.37. The number of thiophene rings is 1. The number of nitrogens with zero attached hydrogens (tertiary/aromatic N) is 3. The molecular formula is C17H19N3O2S. The molecule has 3 heterocycles. The number of hydrogen-bond donors (Lipinski definition) is 0. The van der Waals surface area contributed by atoms with Crippen molar-refractivity contribution < 1.29 is 9.59 Å². The normalized spacial score (nSPS) is 15.3. The molecule has 0 atom stereocenters. The minimum atomic E-state index is -0.0573. The second-order valence-corrected chi connectivity index (χ2v) is 6.53. The van der Waals surface area contributed by atoms with E-state index in [0.717, 1.165) is 11.3 Å². The summed E-state index contributed by atoms with van der Waals surface area (Å²) in [7, 11) is 0. The number of amides is 2. The summed E-state index contributed by atoms with van der Waals surface area (Å²) in [5, 5.41) is 1.98. The van der Waals surface area contributed by atoms with Crippen molar-refractivity contribution in [3.05, 3.63) is 52.5 Å². The van der Waals surface area contributed by atoms with Crippen LogP contribution in [0.4, 0.5) is 0 Å². The van der Waals surface area contributed by atoms with Crippen molar-refractivity contribution in [1.29, 1.82) is 0 Å². The zero-order valence-electron chi connectivity index (χ0n) is 12.9. The van der Waals surface area contributed by atoms with E-state index in [2.05, 4.69) is 4.98 Å². The molecule has 0 unspecified atom stereocenters. The minimum Gasteiger partial charge on any atom is -0.341 e. The lowest BCUT2D eigenvalue weighted by Crippen LogP contribution is -2.38. The Kier molecular flexibility index (Phi) is 5.02. The number of aromatic nitrogens is 1. The van der Waals surface area contributed by atoms with Crippen LogP contribution in [0.25, 0.3) is 0 Å². The quantitative estimate of drug-likeness (QED) is 0.866. The molecule has 0 saturated carbocycles. The van der Waals surface area contributed by atoms with Crippen molar-refractivity contribution in [2.45, 2.75) is 12.8 Å². The van der Waals surface area contributed by atoms with Gasteiger partial charge < -0.3 is 9.80 Å². The van der Waals surface area contributed by atoms with Crippen molar-refractivity contribution in [1.82, 2.24) is 14.8 Å². The van der Waals surface area contributed by atoms with Gasteiger partial charge in [0.15, 0.2) is 0 Å². The first-order chi connectivity index (χ1) is 11.2. The summed E-state index contributed by atoms with van der Waals surface area (Å²) >= 11 is 1.60. The van der Waals surface area contributed by atoms with Gasteiger partial charge in [0, 0.05) is 37.3 Å². The average Bonchev–Trinajstić information content (AvgIpc) is 2.96. The fourth-order valence-corrected chi connectivity index (χ4v) is 3.39. The van der Waals surface area contributed by atoms with Gasteiger partial charge in [-0.2, -0.15) is 0 Å². The van der Waals surface area contributed by atoms with Crippen LogP contribution in [0, 0.1) is 0 Å². The number of carbonyl (C=O) groups excluding carboxylic acids is 2. The molecule has 1 aliphatic rings. The summed E-state index contributed by atoms with van der Waals surface area (Å²) in [5.41, 5.74) is 0.464. The fourth-order valence-electron chi connectivity index (χ4n) is 2.70. The molecule has 2 aromatic heterocycles. The van der Waals surface area contributed by atoms with Gasteiger partial charge in [0.2, 0.25) is 5.91 Å². The van der Waals surface area contributed by atoms with Crippen molar-refractivity contribution in [3.8, 4) is 0 Å². The molecule has 1 aliphatic heterocycles. The largest absolute Gasteiger partial charge is 0.341 e. The van der Waals surface area contributed by atoms with Crippen molar-refractivity contribution in [2.75, 3.05) is 26.2 Å². The van der Waals surface area contributed by atoms with Gasteiger partial charge in [-0.15, -0.1) is 11.3 Å². The summed E-state index contributed by atoms with van der Waals surface area (Å²) in [6.45, 7) is 2.52. The van der Waals surface area contributed by atoms with Gasteiger partial charge in [0.05, 0.1) is 6.42 Å². The van der Waals surface area contributed by atoms with Gasteiger partial charge in [-0.25, -0.2) is 0 Å². The van der Waals surface area contributed by atoms with Crippen molar-refractivity contribution in [3.63, 3.8) is 0 Å². The summed E-state index contributed by atoms with van der Waals surface area (Å²) in [4.78, 5) is 33.7. The number of hydrogen-bond acceptors (Lipinski definition) is 4. The molecule has 2 aromatic rings. The van der Waals surface area contributed by atoms with E-state index in [1.54, 1.807) is 34.6 Å². The molecule has 0 aromatic carbocycles. The highest BCUT2D eigenvalue weighted by atomic mass is 32.1. The second-order valence-electron chi connectivity index (χ2n) is 5.50. The molecule has 5 nitrogen and oxygen atoms in total. The number of carbonyl (C=O) groups is 2. The van der Waals surface area contributed by atoms with Crippen molar-refractivity contribution >= 4 is 23.2 Å². The van der Waals surface area contributed by atoms with Gasteiger partial charge in [0.25, 0.3) is 5.91 Å². The molecule has 0 N–H and O–H groups in total. The van der Waals surface area contributed by atoms with Crippen LogP contribution in [0.15, 0.2) is 41.9 Å². The molecule has 1 fully saturated rings. The van der Waals surface area contributed by atoms with E-state index in [-0.39, 0.29) is 11.8 Å². The van der Waals surface area contributed by atoms with Gasteiger partial charge in [0.1, 0.15) is 5.69 Å². The monoisotopic (exact) mass is 329 g/mol. The maximum Gasteiger partial charge on any atom is 0.272 e. The lowest BCUT2D eigenvalue weighted by molar-refractivity contribution is -0.130. The summed E-state index contributed by atoms with van der Waals surface area (Å²) in [6, 6.07) is 9.28. The molecule has 2 amide bonds.